The minimum absolute atomic E-state index is 0.392. The lowest BCUT2D eigenvalue weighted by Crippen LogP contribution is -2.32. The summed E-state index contributed by atoms with van der Waals surface area (Å²) < 4.78 is 1.12. The van der Waals surface area contributed by atoms with Gasteiger partial charge in [0, 0.05) is 30.1 Å². The second-order valence-electron chi connectivity index (χ2n) is 6.37. The molecule has 1 aliphatic rings. The summed E-state index contributed by atoms with van der Waals surface area (Å²) in [5.41, 5.74) is 0.849. The van der Waals surface area contributed by atoms with Gasteiger partial charge in [-0.15, -0.1) is 0 Å². The summed E-state index contributed by atoms with van der Waals surface area (Å²) in [6.07, 6.45) is 3.11. The number of rotatable bonds is 7. The minimum Gasteiger partial charge on any atom is -0.389 e. The molecule has 0 bridgehead atoms. The molecule has 1 saturated heterocycles. The average Bonchev–Trinajstić information content (AvgIpc) is 2.80. The standard InChI is InChI=1S/C17H27BrN2O/c1-3-10-19-16(14-4-6-15(18)7-5-14)8-11-20-12-9-17(2,21)13-20/h4-7,16,19,21H,3,8-13H2,1-2H3. The van der Waals surface area contributed by atoms with Crippen molar-refractivity contribution in [3.8, 4) is 0 Å². The molecule has 1 heterocycles. The molecule has 1 aromatic carbocycles. The molecule has 2 N–H and O–H groups in total. The van der Waals surface area contributed by atoms with E-state index in [1.807, 2.05) is 6.92 Å². The van der Waals surface area contributed by atoms with E-state index in [0.29, 0.717) is 6.04 Å². The van der Waals surface area contributed by atoms with Crippen molar-refractivity contribution in [2.24, 2.45) is 0 Å². The van der Waals surface area contributed by atoms with Crippen LogP contribution in [-0.4, -0.2) is 41.8 Å². The van der Waals surface area contributed by atoms with E-state index in [4.69, 9.17) is 0 Å². The van der Waals surface area contributed by atoms with Gasteiger partial charge in [-0.1, -0.05) is 35.0 Å². The van der Waals surface area contributed by atoms with Crippen molar-refractivity contribution >= 4 is 15.9 Å². The van der Waals surface area contributed by atoms with E-state index >= 15 is 0 Å². The van der Waals surface area contributed by atoms with Gasteiger partial charge in [0.05, 0.1) is 5.60 Å². The molecule has 4 heteroatoms. The number of hydrogen-bond donors (Lipinski definition) is 2. The van der Waals surface area contributed by atoms with E-state index in [2.05, 4.69) is 57.3 Å². The maximum atomic E-state index is 10.1. The van der Waals surface area contributed by atoms with Gasteiger partial charge in [-0.2, -0.15) is 0 Å². The first-order valence-corrected chi connectivity index (χ1v) is 8.73. The number of aliphatic hydroxyl groups is 1. The van der Waals surface area contributed by atoms with Crippen LogP contribution in [0.3, 0.4) is 0 Å². The van der Waals surface area contributed by atoms with E-state index in [9.17, 15) is 5.11 Å². The average molecular weight is 355 g/mol. The Kier molecular flexibility index (Phi) is 6.23. The third-order valence-corrected chi connectivity index (χ3v) is 4.71. The molecule has 0 aromatic heterocycles. The molecule has 2 unspecified atom stereocenters. The van der Waals surface area contributed by atoms with E-state index in [0.717, 1.165) is 49.9 Å². The Morgan fingerprint density at radius 2 is 2.10 bits per heavy atom. The SMILES string of the molecule is CCCNC(CCN1CCC(C)(O)C1)c1ccc(Br)cc1. The van der Waals surface area contributed by atoms with Crippen LogP contribution in [0.4, 0.5) is 0 Å². The zero-order valence-corrected chi connectivity index (χ0v) is 14.7. The number of halogens is 1. The zero-order valence-electron chi connectivity index (χ0n) is 13.1. The second-order valence-corrected chi connectivity index (χ2v) is 7.29. The van der Waals surface area contributed by atoms with Crippen molar-refractivity contribution in [1.82, 2.24) is 10.2 Å². The lowest BCUT2D eigenvalue weighted by atomic mass is 10.0. The minimum atomic E-state index is -0.496. The summed E-state index contributed by atoms with van der Waals surface area (Å²) in [4.78, 5) is 2.37. The van der Waals surface area contributed by atoms with Crippen molar-refractivity contribution in [3.63, 3.8) is 0 Å². The monoisotopic (exact) mass is 354 g/mol. The summed E-state index contributed by atoms with van der Waals surface area (Å²) in [6.45, 7) is 8.02. The lowest BCUT2D eigenvalue weighted by molar-refractivity contribution is 0.0683. The smallest absolute Gasteiger partial charge is 0.0758 e. The third-order valence-electron chi connectivity index (χ3n) is 4.18. The summed E-state index contributed by atoms with van der Waals surface area (Å²) in [7, 11) is 0. The second kappa shape index (κ2) is 7.73. The van der Waals surface area contributed by atoms with E-state index in [1.165, 1.54) is 5.56 Å². The van der Waals surface area contributed by atoms with Gasteiger partial charge in [0.15, 0.2) is 0 Å². The van der Waals surface area contributed by atoms with Crippen molar-refractivity contribution in [3.05, 3.63) is 34.3 Å². The molecule has 0 spiro atoms. The number of nitrogens with zero attached hydrogens (tertiary/aromatic N) is 1. The molecule has 1 aliphatic heterocycles. The maximum Gasteiger partial charge on any atom is 0.0758 e. The quantitative estimate of drug-likeness (QED) is 0.788. The van der Waals surface area contributed by atoms with Gasteiger partial charge < -0.3 is 15.3 Å². The molecule has 1 aromatic rings. The van der Waals surface area contributed by atoms with E-state index in [1.54, 1.807) is 0 Å². The summed E-state index contributed by atoms with van der Waals surface area (Å²) in [5, 5.41) is 13.7. The van der Waals surface area contributed by atoms with Gasteiger partial charge in [0.25, 0.3) is 0 Å². The molecule has 21 heavy (non-hydrogen) atoms. The molecule has 0 amide bonds. The number of benzene rings is 1. The molecule has 0 aliphatic carbocycles. The highest BCUT2D eigenvalue weighted by Gasteiger charge is 2.31. The van der Waals surface area contributed by atoms with Crippen molar-refractivity contribution in [1.29, 1.82) is 0 Å². The van der Waals surface area contributed by atoms with Crippen molar-refractivity contribution < 1.29 is 5.11 Å². The van der Waals surface area contributed by atoms with Gasteiger partial charge in [-0.3, -0.25) is 0 Å². The van der Waals surface area contributed by atoms with E-state index in [-0.39, 0.29) is 0 Å². The van der Waals surface area contributed by atoms with Gasteiger partial charge in [0.1, 0.15) is 0 Å². The summed E-state index contributed by atoms with van der Waals surface area (Å²) in [5.74, 6) is 0. The molecule has 1 fully saturated rings. The largest absolute Gasteiger partial charge is 0.389 e. The van der Waals surface area contributed by atoms with Gasteiger partial charge in [-0.25, -0.2) is 0 Å². The molecule has 3 nitrogen and oxygen atoms in total. The molecule has 2 rings (SSSR count). The van der Waals surface area contributed by atoms with Crippen molar-refractivity contribution in [2.45, 2.75) is 44.8 Å². The Hall–Kier alpha value is -0.420. The Labute approximate surface area is 136 Å². The Balaban J connectivity index is 1.92. The van der Waals surface area contributed by atoms with Crippen molar-refractivity contribution in [2.75, 3.05) is 26.2 Å². The van der Waals surface area contributed by atoms with Crippen LogP contribution in [0.2, 0.25) is 0 Å². The summed E-state index contributed by atoms with van der Waals surface area (Å²) in [6, 6.07) is 8.99. The normalized spacial score (nSPS) is 24.4. The van der Waals surface area contributed by atoms with Gasteiger partial charge in [0.2, 0.25) is 0 Å². The zero-order chi connectivity index (χ0) is 15.3. The maximum absolute atomic E-state index is 10.1. The first-order chi connectivity index (χ1) is 10.00. The Morgan fingerprint density at radius 3 is 2.67 bits per heavy atom. The fourth-order valence-corrected chi connectivity index (χ4v) is 3.21. The van der Waals surface area contributed by atoms with Crippen LogP contribution in [0.5, 0.6) is 0 Å². The van der Waals surface area contributed by atoms with Crippen LogP contribution in [0.15, 0.2) is 28.7 Å². The van der Waals surface area contributed by atoms with Crippen LogP contribution >= 0.6 is 15.9 Å². The fraction of sp³-hybridized carbons (Fsp3) is 0.647. The van der Waals surface area contributed by atoms with Crippen LogP contribution in [0.1, 0.15) is 44.7 Å². The molecular formula is C17H27BrN2O. The Bertz CT molecular complexity index is 433. The first kappa shape index (κ1) is 16.9. The van der Waals surface area contributed by atoms with Crippen LogP contribution in [-0.2, 0) is 0 Å². The summed E-state index contributed by atoms with van der Waals surface area (Å²) >= 11 is 3.50. The molecule has 0 saturated carbocycles. The van der Waals surface area contributed by atoms with Crippen LogP contribution in [0.25, 0.3) is 0 Å². The van der Waals surface area contributed by atoms with Crippen LogP contribution < -0.4 is 5.32 Å². The van der Waals surface area contributed by atoms with E-state index < -0.39 is 5.60 Å². The van der Waals surface area contributed by atoms with Gasteiger partial charge in [-0.05, 0) is 50.4 Å². The number of β-amino-alcohol motifs (C(OH)–C–C–N with tert-alkyl or cyclic N) is 1. The molecule has 118 valence electrons. The molecule has 0 radical (unpaired) electrons. The highest BCUT2D eigenvalue weighted by molar-refractivity contribution is 9.10. The topological polar surface area (TPSA) is 35.5 Å². The van der Waals surface area contributed by atoms with Crippen LogP contribution in [0, 0.1) is 0 Å². The highest BCUT2D eigenvalue weighted by Crippen LogP contribution is 2.24. The van der Waals surface area contributed by atoms with Gasteiger partial charge >= 0.3 is 0 Å². The number of likely N-dealkylation sites (tertiary alicyclic amines) is 1. The number of nitrogens with one attached hydrogen (secondary N) is 1. The predicted octanol–water partition coefficient (Wildman–Crippen LogP) is 3.34. The lowest BCUT2D eigenvalue weighted by Gasteiger charge is -2.23. The highest BCUT2D eigenvalue weighted by atomic mass is 79.9. The third kappa shape index (κ3) is 5.37. The fourth-order valence-electron chi connectivity index (χ4n) is 2.94. The number of hydrogen-bond acceptors (Lipinski definition) is 3. The first-order valence-electron chi connectivity index (χ1n) is 7.94. The Morgan fingerprint density at radius 1 is 1.38 bits per heavy atom. The molecule has 2 atom stereocenters. The molecular weight excluding hydrogens is 328 g/mol. The predicted molar refractivity (Wildman–Crippen MR) is 91.5 cm³/mol.